The van der Waals surface area contributed by atoms with Crippen LogP contribution in [0.3, 0.4) is 0 Å². The second-order valence-corrected chi connectivity index (χ2v) is 6.85. The first-order valence-corrected chi connectivity index (χ1v) is 8.45. The van der Waals surface area contributed by atoms with Crippen LogP contribution in [-0.4, -0.2) is 43.0 Å². The zero-order valence-corrected chi connectivity index (χ0v) is 14.4. The molecule has 2 aromatic rings. The minimum atomic E-state index is 0.133. The van der Waals surface area contributed by atoms with Gasteiger partial charge in [-0.15, -0.1) is 5.10 Å². The van der Waals surface area contributed by atoms with E-state index in [9.17, 15) is 4.79 Å². The number of amides is 1. The van der Waals surface area contributed by atoms with E-state index in [0.717, 1.165) is 30.8 Å². The third-order valence-electron chi connectivity index (χ3n) is 4.61. The predicted molar refractivity (Wildman–Crippen MR) is 88.2 cm³/mol. The molecule has 1 amide bonds. The van der Waals surface area contributed by atoms with E-state index in [4.69, 9.17) is 0 Å². The highest BCUT2D eigenvalue weighted by Gasteiger charge is 2.29. The van der Waals surface area contributed by atoms with Crippen LogP contribution in [0, 0.1) is 19.8 Å². The van der Waals surface area contributed by atoms with Crippen molar-refractivity contribution in [2.45, 2.75) is 59.4 Å². The maximum Gasteiger partial charge on any atom is 0.252 e. The molecule has 0 aromatic carbocycles. The molecular formula is C17H25N5O. The molecule has 3 heterocycles. The standard InChI is InChI=1S/C17H25N5O/c1-11(2)14-7-5-6-8-21(14)16(23)10-15-19-17-18-12(3)9-13(4)22(17)20-15/h9,11,14H,5-8,10H2,1-4H3. The van der Waals surface area contributed by atoms with Crippen molar-refractivity contribution in [1.29, 1.82) is 0 Å². The fourth-order valence-corrected chi connectivity index (χ4v) is 3.48. The van der Waals surface area contributed by atoms with Gasteiger partial charge in [0.25, 0.3) is 5.78 Å². The molecule has 0 N–H and O–H groups in total. The summed E-state index contributed by atoms with van der Waals surface area (Å²) in [5, 5.41) is 4.45. The van der Waals surface area contributed by atoms with E-state index in [2.05, 4.69) is 28.9 Å². The number of carbonyl (C=O) groups is 1. The van der Waals surface area contributed by atoms with Gasteiger partial charge in [0.1, 0.15) is 0 Å². The summed E-state index contributed by atoms with van der Waals surface area (Å²) in [5.74, 6) is 1.75. The number of piperidine rings is 1. The molecule has 1 aliphatic heterocycles. The highest BCUT2D eigenvalue weighted by atomic mass is 16.2. The molecular weight excluding hydrogens is 290 g/mol. The summed E-state index contributed by atoms with van der Waals surface area (Å²) in [4.78, 5) is 23.6. The smallest absolute Gasteiger partial charge is 0.252 e. The van der Waals surface area contributed by atoms with Crippen molar-refractivity contribution >= 4 is 11.7 Å². The van der Waals surface area contributed by atoms with Gasteiger partial charge in [0.2, 0.25) is 5.91 Å². The molecule has 23 heavy (non-hydrogen) atoms. The summed E-state index contributed by atoms with van der Waals surface area (Å²) in [6.07, 6.45) is 3.65. The van der Waals surface area contributed by atoms with E-state index < -0.39 is 0 Å². The number of hydrogen-bond donors (Lipinski definition) is 0. The van der Waals surface area contributed by atoms with E-state index in [-0.39, 0.29) is 12.3 Å². The quantitative estimate of drug-likeness (QED) is 0.872. The van der Waals surface area contributed by atoms with Crippen LogP contribution in [0.4, 0.5) is 0 Å². The minimum Gasteiger partial charge on any atom is -0.339 e. The van der Waals surface area contributed by atoms with Crippen LogP contribution in [-0.2, 0) is 11.2 Å². The Morgan fingerprint density at radius 1 is 1.30 bits per heavy atom. The molecule has 1 atom stereocenters. The normalized spacial score (nSPS) is 18.8. The first-order chi connectivity index (χ1) is 11.0. The fourth-order valence-electron chi connectivity index (χ4n) is 3.48. The molecule has 6 heteroatoms. The average Bonchev–Trinajstić information content (AvgIpc) is 2.89. The summed E-state index contributed by atoms with van der Waals surface area (Å²) < 4.78 is 1.71. The van der Waals surface area contributed by atoms with Crippen LogP contribution >= 0.6 is 0 Å². The van der Waals surface area contributed by atoms with Gasteiger partial charge >= 0.3 is 0 Å². The lowest BCUT2D eigenvalue weighted by molar-refractivity contribution is -0.135. The number of aromatic nitrogens is 4. The van der Waals surface area contributed by atoms with Gasteiger partial charge in [-0.05, 0) is 45.1 Å². The summed E-state index contributed by atoms with van der Waals surface area (Å²) in [6, 6.07) is 2.31. The number of carbonyl (C=O) groups excluding carboxylic acids is 1. The van der Waals surface area contributed by atoms with E-state index in [0.29, 0.717) is 23.6 Å². The maximum absolute atomic E-state index is 12.7. The number of likely N-dealkylation sites (tertiary alicyclic amines) is 1. The molecule has 1 saturated heterocycles. The molecule has 0 saturated carbocycles. The van der Waals surface area contributed by atoms with Crippen molar-refractivity contribution in [3.63, 3.8) is 0 Å². The van der Waals surface area contributed by atoms with Crippen LogP contribution in [0.15, 0.2) is 6.07 Å². The topological polar surface area (TPSA) is 63.4 Å². The zero-order valence-electron chi connectivity index (χ0n) is 14.4. The van der Waals surface area contributed by atoms with E-state index in [1.807, 2.05) is 24.8 Å². The van der Waals surface area contributed by atoms with Gasteiger partial charge in [-0.1, -0.05) is 13.8 Å². The van der Waals surface area contributed by atoms with E-state index >= 15 is 0 Å². The van der Waals surface area contributed by atoms with Crippen molar-refractivity contribution < 1.29 is 4.79 Å². The van der Waals surface area contributed by atoms with Gasteiger partial charge in [-0.2, -0.15) is 4.98 Å². The number of fused-ring (bicyclic) bond motifs is 1. The van der Waals surface area contributed by atoms with Crippen molar-refractivity contribution in [3.8, 4) is 0 Å². The number of aryl methyl sites for hydroxylation is 2. The maximum atomic E-state index is 12.7. The molecule has 1 fully saturated rings. The van der Waals surface area contributed by atoms with Crippen molar-refractivity contribution in [2.75, 3.05) is 6.54 Å². The van der Waals surface area contributed by atoms with Gasteiger partial charge in [-0.25, -0.2) is 9.50 Å². The summed E-state index contributed by atoms with van der Waals surface area (Å²) >= 11 is 0. The van der Waals surface area contributed by atoms with Crippen LogP contribution in [0.25, 0.3) is 5.78 Å². The molecule has 1 unspecified atom stereocenters. The minimum absolute atomic E-state index is 0.133. The second kappa shape index (κ2) is 6.26. The third kappa shape index (κ3) is 3.21. The Balaban J connectivity index is 1.80. The first-order valence-electron chi connectivity index (χ1n) is 8.45. The van der Waals surface area contributed by atoms with Gasteiger partial charge in [-0.3, -0.25) is 4.79 Å². The van der Waals surface area contributed by atoms with Crippen molar-refractivity contribution in [3.05, 3.63) is 23.3 Å². The molecule has 0 spiro atoms. The Kier molecular flexibility index (Phi) is 4.33. The second-order valence-electron chi connectivity index (χ2n) is 6.85. The molecule has 0 radical (unpaired) electrons. The zero-order chi connectivity index (χ0) is 16.6. The molecule has 2 aromatic heterocycles. The Morgan fingerprint density at radius 3 is 2.83 bits per heavy atom. The lowest BCUT2D eigenvalue weighted by Crippen LogP contribution is -2.47. The molecule has 1 aliphatic rings. The fraction of sp³-hybridized carbons (Fsp3) is 0.647. The van der Waals surface area contributed by atoms with E-state index in [1.54, 1.807) is 4.52 Å². The van der Waals surface area contributed by atoms with Gasteiger partial charge in [0.15, 0.2) is 5.82 Å². The van der Waals surface area contributed by atoms with E-state index in [1.165, 1.54) is 6.42 Å². The molecule has 0 bridgehead atoms. The average molecular weight is 315 g/mol. The number of rotatable bonds is 3. The predicted octanol–water partition coefficient (Wildman–Crippen LogP) is 2.32. The van der Waals surface area contributed by atoms with Crippen molar-refractivity contribution in [2.24, 2.45) is 5.92 Å². The molecule has 3 rings (SSSR count). The van der Waals surface area contributed by atoms with Crippen molar-refractivity contribution in [1.82, 2.24) is 24.5 Å². The number of hydrogen-bond acceptors (Lipinski definition) is 4. The van der Waals surface area contributed by atoms with Crippen LogP contribution < -0.4 is 0 Å². The Hall–Kier alpha value is -1.98. The van der Waals surface area contributed by atoms with Gasteiger partial charge < -0.3 is 4.90 Å². The molecule has 6 nitrogen and oxygen atoms in total. The van der Waals surface area contributed by atoms with Crippen LogP contribution in [0.5, 0.6) is 0 Å². The third-order valence-corrected chi connectivity index (χ3v) is 4.61. The molecule has 0 aliphatic carbocycles. The Labute approximate surface area is 136 Å². The largest absolute Gasteiger partial charge is 0.339 e. The lowest BCUT2D eigenvalue weighted by atomic mass is 9.92. The van der Waals surface area contributed by atoms with Crippen LogP contribution in [0.2, 0.25) is 0 Å². The summed E-state index contributed by atoms with van der Waals surface area (Å²) in [5.41, 5.74) is 1.90. The SMILES string of the molecule is Cc1cc(C)n2nc(CC(=O)N3CCCCC3C(C)C)nc2n1. The van der Waals surface area contributed by atoms with Gasteiger partial charge in [0, 0.05) is 24.0 Å². The van der Waals surface area contributed by atoms with Crippen LogP contribution in [0.1, 0.15) is 50.3 Å². The van der Waals surface area contributed by atoms with Gasteiger partial charge in [0.05, 0.1) is 6.42 Å². The summed E-state index contributed by atoms with van der Waals surface area (Å²) in [7, 11) is 0. The number of nitrogens with zero attached hydrogens (tertiary/aromatic N) is 5. The molecule has 124 valence electrons. The Morgan fingerprint density at radius 2 is 2.09 bits per heavy atom. The monoisotopic (exact) mass is 315 g/mol. The summed E-state index contributed by atoms with van der Waals surface area (Å²) in [6.45, 7) is 9.14. The highest BCUT2D eigenvalue weighted by Crippen LogP contribution is 2.23. The first kappa shape index (κ1) is 15.9. The highest BCUT2D eigenvalue weighted by molar-refractivity contribution is 5.78. The Bertz CT molecular complexity index is 721. The lowest BCUT2D eigenvalue weighted by Gasteiger charge is -2.38.